The van der Waals surface area contributed by atoms with Crippen LogP contribution in [0, 0.1) is 5.82 Å². The number of rotatable bonds is 6. The summed E-state index contributed by atoms with van der Waals surface area (Å²) < 4.78 is 19.3. The summed E-state index contributed by atoms with van der Waals surface area (Å²) in [5.74, 6) is -0.311. The molecular formula is C20H23FN2O2. The van der Waals surface area contributed by atoms with Gasteiger partial charge in [0, 0.05) is 26.3 Å². The molecule has 1 fully saturated rings. The second-order valence-corrected chi connectivity index (χ2v) is 6.39. The number of aromatic nitrogens is 1. The molecule has 25 heavy (non-hydrogen) atoms. The molecule has 2 aromatic rings. The van der Waals surface area contributed by atoms with Crippen LogP contribution in [0.1, 0.15) is 43.0 Å². The number of benzene rings is 1. The normalized spacial score (nSPS) is 18.1. The van der Waals surface area contributed by atoms with Gasteiger partial charge in [0.05, 0.1) is 17.8 Å². The maximum absolute atomic E-state index is 13.7. The highest BCUT2D eigenvalue weighted by Crippen LogP contribution is 2.28. The Morgan fingerprint density at radius 1 is 1.36 bits per heavy atom. The van der Waals surface area contributed by atoms with E-state index >= 15 is 0 Å². The number of halogens is 1. The lowest BCUT2D eigenvalue weighted by Gasteiger charge is -2.28. The molecule has 2 heterocycles. The van der Waals surface area contributed by atoms with E-state index in [1.165, 1.54) is 12.1 Å². The van der Waals surface area contributed by atoms with Gasteiger partial charge in [-0.05, 0) is 49.1 Å². The lowest BCUT2D eigenvalue weighted by Crippen LogP contribution is -2.33. The van der Waals surface area contributed by atoms with Gasteiger partial charge in [0.1, 0.15) is 5.82 Å². The van der Waals surface area contributed by atoms with Crippen molar-refractivity contribution in [1.29, 1.82) is 0 Å². The molecule has 0 spiro atoms. The molecule has 5 heteroatoms. The number of pyridine rings is 1. The Kier molecular flexibility index (Phi) is 5.76. The Bertz CT molecular complexity index is 702. The van der Waals surface area contributed by atoms with Gasteiger partial charge in [-0.2, -0.15) is 0 Å². The zero-order chi connectivity index (χ0) is 17.6. The first-order valence-corrected chi connectivity index (χ1v) is 8.69. The van der Waals surface area contributed by atoms with Crippen molar-refractivity contribution in [3.63, 3.8) is 0 Å². The monoisotopic (exact) mass is 342 g/mol. The van der Waals surface area contributed by atoms with Crippen molar-refractivity contribution in [2.45, 2.75) is 37.8 Å². The van der Waals surface area contributed by atoms with Gasteiger partial charge in [-0.3, -0.25) is 9.78 Å². The van der Waals surface area contributed by atoms with Crippen LogP contribution in [0.5, 0.6) is 0 Å². The number of amides is 1. The fraction of sp³-hybridized carbons (Fsp3) is 0.400. The quantitative estimate of drug-likeness (QED) is 0.803. The minimum Gasteiger partial charge on any atom is -0.378 e. The molecule has 0 saturated carbocycles. The molecule has 1 amide bonds. The van der Waals surface area contributed by atoms with E-state index in [4.69, 9.17) is 4.74 Å². The van der Waals surface area contributed by atoms with E-state index in [1.54, 1.807) is 24.2 Å². The molecule has 1 aliphatic rings. The van der Waals surface area contributed by atoms with Gasteiger partial charge in [0.15, 0.2) is 0 Å². The Morgan fingerprint density at radius 2 is 2.24 bits per heavy atom. The number of hydrogen-bond donors (Lipinski definition) is 0. The molecule has 3 rings (SSSR count). The predicted octanol–water partition coefficient (Wildman–Crippen LogP) is 3.73. The summed E-state index contributed by atoms with van der Waals surface area (Å²) in [6.07, 6.45) is 5.09. The average molecular weight is 342 g/mol. The fourth-order valence-electron chi connectivity index (χ4n) is 3.28. The summed E-state index contributed by atoms with van der Waals surface area (Å²) in [5.41, 5.74) is 1.44. The maximum Gasteiger partial charge on any atom is 0.223 e. The van der Waals surface area contributed by atoms with Gasteiger partial charge in [-0.25, -0.2) is 4.39 Å². The Hall–Kier alpha value is -2.27. The zero-order valence-electron chi connectivity index (χ0n) is 14.4. The highest BCUT2D eigenvalue weighted by atomic mass is 19.1. The molecule has 4 nitrogen and oxygen atoms in total. The van der Waals surface area contributed by atoms with Crippen molar-refractivity contribution in [3.05, 3.63) is 65.7 Å². The predicted molar refractivity (Wildman–Crippen MR) is 93.5 cm³/mol. The van der Waals surface area contributed by atoms with Crippen LogP contribution in [0.2, 0.25) is 0 Å². The van der Waals surface area contributed by atoms with Crippen LogP contribution in [0.4, 0.5) is 4.39 Å². The molecule has 1 aliphatic heterocycles. The fourth-order valence-corrected chi connectivity index (χ4v) is 3.28. The third kappa shape index (κ3) is 4.42. The summed E-state index contributed by atoms with van der Waals surface area (Å²) in [5, 5.41) is 0. The van der Waals surface area contributed by atoms with Crippen LogP contribution in [0.25, 0.3) is 0 Å². The van der Waals surface area contributed by atoms with E-state index in [2.05, 4.69) is 4.98 Å². The zero-order valence-corrected chi connectivity index (χ0v) is 14.4. The molecule has 0 bridgehead atoms. The van der Waals surface area contributed by atoms with E-state index in [1.807, 2.05) is 24.3 Å². The molecule has 1 aromatic heterocycles. The van der Waals surface area contributed by atoms with E-state index in [-0.39, 0.29) is 17.8 Å². The Morgan fingerprint density at radius 3 is 2.92 bits per heavy atom. The number of hydrogen-bond acceptors (Lipinski definition) is 3. The number of carbonyl (C=O) groups is 1. The van der Waals surface area contributed by atoms with E-state index in [9.17, 15) is 9.18 Å². The third-order valence-electron chi connectivity index (χ3n) is 4.62. The highest BCUT2D eigenvalue weighted by molar-refractivity contribution is 5.77. The van der Waals surface area contributed by atoms with Crippen molar-refractivity contribution < 1.29 is 13.9 Å². The third-order valence-corrected chi connectivity index (χ3v) is 4.62. The molecule has 0 N–H and O–H groups in total. The van der Waals surface area contributed by atoms with Gasteiger partial charge in [0.25, 0.3) is 0 Å². The van der Waals surface area contributed by atoms with Crippen LogP contribution in [-0.2, 0) is 9.53 Å². The topological polar surface area (TPSA) is 42.4 Å². The van der Waals surface area contributed by atoms with Crippen molar-refractivity contribution in [2.24, 2.45) is 0 Å². The standard InChI is InChI=1S/C20H23FN2O2/c1-23(19(24)11-10-17-8-5-13-25-17)20(18-9-2-3-12-22-18)15-6-4-7-16(21)14-15/h2-4,6-7,9,12,14,17,20H,5,8,10-11,13H2,1H3/t17-,20-/m0/s1. The van der Waals surface area contributed by atoms with Gasteiger partial charge in [-0.15, -0.1) is 0 Å². The molecule has 0 radical (unpaired) electrons. The minimum atomic E-state index is -0.408. The molecule has 0 unspecified atom stereocenters. The largest absolute Gasteiger partial charge is 0.378 e. The van der Waals surface area contributed by atoms with Crippen LogP contribution in [0.15, 0.2) is 48.7 Å². The number of ether oxygens (including phenoxy) is 1. The molecular weight excluding hydrogens is 319 g/mol. The van der Waals surface area contributed by atoms with Crippen molar-refractivity contribution >= 4 is 5.91 Å². The first-order valence-electron chi connectivity index (χ1n) is 8.69. The van der Waals surface area contributed by atoms with Gasteiger partial charge >= 0.3 is 0 Å². The summed E-state index contributed by atoms with van der Waals surface area (Å²) in [4.78, 5) is 18.8. The molecule has 1 saturated heterocycles. The van der Waals surface area contributed by atoms with Crippen molar-refractivity contribution in [1.82, 2.24) is 9.88 Å². The van der Waals surface area contributed by atoms with Crippen LogP contribution in [0.3, 0.4) is 0 Å². The first kappa shape index (κ1) is 17.5. The molecule has 0 aliphatic carbocycles. The van der Waals surface area contributed by atoms with Crippen LogP contribution < -0.4 is 0 Å². The molecule has 2 atom stereocenters. The molecule has 1 aromatic carbocycles. The van der Waals surface area contributed by atoms with Crippen molar-refractivity contribution in [2.75, 3.05) is 13.7 Å². The van der Waals surface area contributed by atoms with Gasteiger partial charge in [0.2, 0.25) is 5.91 Å². The van der Waals surface area contributed by atoms with Crippen LogP contribution in [-0.4, -0.2) is 35.5 Å². The second kappa shape index (κ2) is 8.21. The number of carbonyl (C=O) groups excluding carboxylic acids is 1. The van der Waals surface area contributed by atoms with Crippen LogP contribution >= 0.6 is 0 Å². The van der Waals surface area contributed by atoms with Gasteiger partial charge < -0.3 is 9.64 Å². The Balaban J connectivity index is 1.79. The lowest BCUT2D eigenvalue weighted by molar-refractivity contribution is -0.132. The van der Waals surface area contributed by atoms with Crippen molar-refractivity contribution in [3.8, 4) is 0 Å². The summed E-state index contributed by atoms with van der Waals surface area (Å²) in [7, 11) is 1.75. The summed E-state index contributed by atoms with van der Waals surface area (Å²) >= 11 is 0. The second-order valence-electron chi connectivity index (χ2n) is 6.39. The SMILES string of the molecule is CN(C(=O)CC[C@@H]1CCCO1)[C@@H](c1cccc(F)c1)c1ccccn1. The lowest BCUT2D eigenvalue weighted by atomic mass is 10.0. The van der Waals surface area contributed by atoms with E-state index < -0.39 is 6.04 Å². The molecule has 132 valence electrons. The van der Waals surface area contributed by atoms with Gasteiger partial charge in [-0.1, -0.05) is 18.2 Å². The summed E-state index contributed by atoms with van der Waals surface area (Å²) in [6, 6.07) is 11.5. The van der Waals surface area contributed by atoms with E-state index in [0.717, 1.165) is 31.6 Å². The first-order chi connectivity index (χ1) is 12.1. The summed E-state index contributed by atoms with van der Waals surface area (Å²) in [6.45, 7) is 0.786. The maximum atomic E-state index is 13.7. The Labute approximate surface area is 147 Å². The van der Waals surface area contributed by atoms with E-state index in [0.29, 0.717) is 12.0 Å². The smallest absolute Gasteiger partial charge is 0.223 e. The average Bonchev–Trinajstić information content (AvgIpc) is 3.14. The number of nitrogens with zero attached hydrogens (tertiary/aromatic N) is 2. The highest BCUT2D eigenvalue weighted by Gasteiger charge is 2.26. The minimum absolute atomic E-state index is 0.00964.